The highest BCUT2D eigenvalue weighted by Gasteiger charge is 2.38. The zero-order valence-electron chi connectivity index (χ0n) is 7.45. The Bertz CT molecular complexity index is 193. The lowest BCUT2D eigenvalue weighted by Gasteiger charge is -2.36. The van der Waals surface area contributed by atoms with Gasteiger partial charge in [-0.15, -0.1) is 0 Å². The fraction of sp³-hybridized carbons (Fsp3) is 0.889. The molecule has 2 saturated heterocycles. The number of piperidine rings is 1. The van der Waals surface area contributed by atoms with Crippen LogP contribution in [0.5, 0.6) is 0 Å². The van der Waals surface area contributed by atoms with Crippen LogP contribution in [0.25, 0.3) is 0 Å². The van der Waals surface area contributed by atoms with Gasteiger partial charge >= 0.3 is 0 Å². The first kappa shape index (κ1) is 8.05. The van der Waals surface area contributed by atoms with Crippen LogP contribution in [-0.2, 0) is 9.53 Å². The van der Waals surface area contributed by atoms with Crippen molar-refractivity contribution in [3.8, 4) is 0 Å². The molecule has 1 amide bonds. The summed E-state index contributed by atoms with van der Waals surface area (Å²) in [7, 11) is 1.69. The molecular weight excluding hydrogens is 154 g/mol. The van der Waals surface area contributed by atoms with Crippen LogP contribution >= 0.6 is 0 Å². The molecule has 2 fully saturated rings. The van der Waals surface area contributed by atoms with Crippen LogP contribution < -0.4 is 0 Å². The molecular formula is C9H15NO2. The summed E-state index contributed by atoms with van der Waals surface area (Å²) >= 11 is 0. The third-order valence-corrected chi connectivity index (χ3v) is 2.94. The molecule has 2 rings (SSSR count). The molecule has 0 aromatic heterocycles. The monoisotopic (exact) mass is 169 g/mol. The Balaban J connectivity index is 2.12. The summed E-state index contributed by atoms with van der Waals surface area (Å²) in [4.78, 5) is 13.4. The van der Waals surface area contributed by atoms with E-state index < -0.39 is 0 Å². The second-order valence-corrected chi connectivity index (χ2v) is 3.61. The minimum Gasteiger partial charge on any atom is -0.362 e. The van der Waals surface area contributed by atoms with E-state index in [0.717, 1.165) is 19.3 Å². The molecule has 0 aromatic rings. The Kier molecular flexibility index (Phi) is 2.05. The second-order valence-electron chi connectivity index (χ2n) is 3.61. The fourth-order valence-corrected chi connectivity index (χ4v) is 2.34. The number of nitrogens with zero attached hydrogens (tertiary/aromatic N) is 1. The largest absolute Gasteiger partial charge is 0.362 e. The van der Waals surface area contributed by atoms with Gasteiger partial charge in [-0.25, -0.2) is 0 Å². The maximum Gasteiger partial charge on any atom is 0.224 e. The molecule has 2 aliphatic heterocycles. The van der Waals surface area contributed by atoms with Gasteiger partial charge in [0, 0.05) is 19.6 Å². The van der Waals surface area contributed by atoms with Crippen molar-refractivity contribution in [2.75, 3.05) is 7.11 Å². The lowest BCUT2D eigenvalue weighted by molar-refractivity contribution is -0.146. The van der Waals surface area contributed by atoms with Crippen molar-refractivity contribution in [1.29, 1.82) is 0 Å². The van der Waals surface area contributed by atoms with E-state index >= 15 is 0 Å². The molecule has 0 aromatic carbocycles. The molecule has 0 spiro atoms. The van der Waals surface area contributed by atoms with Crippen LogP contribution in [0.2, 0.25) is 0 Å². The highest BCUT2D eigenvalue weighted by Crippen LogP contribution is 2.31. The Hall–Kier alpha value is -0.570. The van der Waals surface area contributed by atoms with Gasteiger partial charge in [0.05, 0.1) is 0 Å². The molecule has 0 radical (unpaired) electrons. The minimum atomic E-state index is 0.0683. The van der Waals surface area contributed by atoms with Gasteiger partial charge < -0.3 is 9.64 Å². The van der Waals surface area contributed by atoms with Gasteiger partial charge in [-0.05, 0) is 25.7 Å². The maximum absolute atomic E-state index is 11.4. The SMILES string of the molecule is COC1CCC[C@@H]2CCC(=O)N12. The maximum atomic E-state index is 11.4. The van der Waals surface area contributed by atoms with E-state index in [-0.39, 0.29) is 12.1 Å². The number of hydrogen-bond donors (Lipinski definition) is 0. The van der Waals surface area contributed by atoms with E-state index in [1.165, 1.54) is 12.8 Å². The summed E-state index contributed by atoms with van der Waals surface area (Å²) in [5, 5.41) is 0. The van der Waals surface area contributed by atoms with Crippen LogP contribution in [0, 0.1) is 0 Å². The third kappa shape index (κ3) is 1.12. The predicted octanol–water partition coefficient (Wildman–Crippen LogP) is 1.13. The number of rotatable bonds is 1. The van der Waals surface area contributed by atoms with Crippen molar-refractivity contribution in [2.24, 2.45) is 0 Å². The number of ether oxygens (including phenoxy) is 1. The summed E-state index contributed by atoms with van der Waals surface area (Å²) in [6.07, 6.45) is 5.22. The topological polar surface area (TPSA) is 29.5 Å². The Morgan fingerprint density at radius 3 is 3.00 bits per heavy atom. The molecule has 0 aliphatic carbocycles. The van der Waals surface area contributed by atoms with E-state index in [9.17, 15) is 4.79 Å². The fourth-order valence-electron chi connectivity index (χ4n) is 2.34. The molecule has 3 nitrogen and oxygen atoms in total. The number of fused-ring (bicyclic) bond motifs is 1. The molecule has 3 heteroatoms. The van der Waals surface area contributed by atoms with E-state index in [2.05, 4.69) is 0 Å². The van der Waals surface area contributed by atoms with Crippen LogP contribution in [0.15, 0.2) is 0 Å². The smallest absolute Gasteiger partial charge is 0.224 e. The first-order valence-corrected chi connectivity index (χ1v) is 4.67. The van der Waals surface area contributed by atoms with Gasteiger partial charge in [0.2, 0.25) is 5.91 Å². The molecule has 68 valence electrons. The highest BCUT2D eigenvalue weighted by molar-refractivity contribution is 5.79. The zero-order chi connectivity index (χ0) is 8.55. The van der Waals surface area contributed by atoms with Gasteiger partial charge in [-0.1, -0.05) is 0 Å². The van der Waals surface area contributed by atoms with Crippen LogP contribution in [0.3, 0.4) is 0 Å². The third-order valence-electron chi connectivity index (χ3n) is 2.94. The highest BCUT2D eigenvalue weighted by atomic mass is 16.5. The molecule has 2 aliphatic rings. The van der Waals surface area contributed by atoms with Crippen molar-refractivity contribution < 1.29 is 9.53 Å². The quantitative estimate of drug-likeness (QED) is 0.589. The Morgan fingerprint density at radius 2 is 2.25 bits per heavy atom. The molecule has 2 atom stereocenters. The number of carbonyl (C=O) groups is 1. The van der Waals surface area contributed by atoms with Crippen LogP contribution in [-0.4, -0.2) is 30.2 Å². The summed E-state index contributed by atoms with van der Waals surface area (Å²) in [6.45, 7) is 0. The number of carbonyl (C=O) groups excluding carboxylic acids is 1. The summed E-state index contributed by atoms with van der Waals surface area (Å²) < 4.78 is 5.28. The molecule has 12 heavy (non-hydrogen) atoms. The normalized spacial score (nSPS) is 35.4. The number of methoxy groups -OCH3 is 1. The van der Waals surface area contributed by atoms with Gasteiger partial charge in [-0.3, -0.25) is 4.79 Å². The number of amides is 1. The van der Waals surface area contributed by atoms with Crippen LogP contribution in [0.4, 0.5) is 0 Å². The van der Waals surface area contributed by atoms with Gasteiger partial charge in [0.25, 0.3) is 0 Å². The van der Waals surface area contributed by atoms with Crippen LogP contribution in [0.1, 0.15) is 32.1 Å². The Labute approximate surface area is 72.7 Å². The van der Waals surface area contributed by atoms with Crippen molar-refractivity contribution in [3.63, 3.8) is 0 Å². The van der Waals surface area contributed by atoms with Crippen molar-refractivity contribution in [1.82, 2.24) is 4.90 Å². The average Bonchev–Trinajstić information content (AvgIpc) is 2.48. The first-order valence-electron chi connectivity index (χ1n) is 4.67. The van der Waals surface area contributed by atoms with E-state index in [0.29, 0.717) is 6.04 Å². The lowest BCUT2D eigenvalue weighted by Crippen LogP contribution is -2.45. The van der Waals surface area contributed by atoms with Crippen molar-refractivity contribution >= 4 is 5.91 Å². The van der Waals surface area contributed by atoms with Gasteiger partial charge in [-0.2, -0.15) is 0 Å². The van der Waals surface area contributed by atoms with Gasteiger partial charge in [0.15, 0.2) is 0 Å². The minimum absolute atomic E-state index is 0.0683. The molecule has 0 N–H and O–H groups in total. The second kappa shape index (κ2) is 3.05. The summed E-state index contributed by atoms with van der Waals surface area (Å²) in [5.41, 5.74) is 0. The number of hydrogen-bond acceptors (Lipinski definition) is 2. The van der Waals surface area contributed by atoms with E-state index in [1.807, 2.05) is 4.90 Å². The van der Waals surface area contributed by atoms with Gasteiger partial charge in [0.1, 0.15) is 6.23 Å². The Morgan fingerprint density at radius 1 is 1.42 bits per heavy atom. The lowest BCUT2D eigenvalue weighted by atomic mass is 10.0. The predicted molar refractivity (Wildman–Crippen MR) is 44.5 cm³/mol. The van der Waals surface area contributed by atoms with E-state index in [4.69, 9.17) is 4.74 Å². The molecule has 0 bridgehead atoms. The van der Waals surface area contributed by atoms with E-state index in [1.54, 1.807) is 7.11 Å². The molecule has 0 saturated carbocycles. The van der Waals surface area contributed by atoms with Crippen molar-refractivity contribution in [2.45, 2.75) is 44.4 Å². The molecule has 1 unspecified atom stereocenters. The standard InChI is InChI=1S/C9H15NO2/c1-12-9-4-2-3-7-5-6-8(11)10(7)9/h7,9H,2-6H2,1H3/t7-,9?/m1/s1. The zero-order valence-corrected chi connectivity index (χ0v) is 7.45. The molecule has 2 heterocycles. The first-order chi connectivity index (χ1) is 5.83. The van der Waals surface area contributed by atoms with Crippen molar-refractivity contribution in [3.05, 3.63) is 0 Å². The summed E-state index contributed by atoms with van der Waals surface area (Å²) in [6, 6.07) is 0.483. The summed E-state index contributed by atoms with van der Waals surface area (Å²) in [5.74, 6) is 0.284. The average molecular weight is 169 g/mol.